The summed E-state index contributed by atoms with van der Waals surface area (Å²) in [6, 6.07) is 0. The third-order valence-electron chi connectivity index (χ3n) is 2.40. The van der Waals surface area contributed by atoms with Crippen LogP contribution >= 0.6 is 0 Å². The van der Waals surface area contributed by atoms with Crippen LogP contribution in [-0.4, -0.2) is 54.6 Å². The molecule has 0 fully saturated rings. The molecule has 0 aliphatic heterocycles. The first kappa shape index (κ1) is 19.1. The molecule has 0 saturated carbocycles. The van der Waals surface area contributed by atoms with Gasteiger partial charge in [0.1, 0.15) is 0 Å². The molecule has 0 spiro atoms. The van der Waals surface area contributed by atoms with Crippen molar-refractivity contribution in [2.24, 2.45) is 0 Å². The van der Waals surface area contributed by atoms with Gasteiger partial charge in [0, 0.05) is 6.61 Å². The Bertz CT molecular complexity index is 183. The van der Waals surface area contributed by atoms with E-state index in [-0.39, 0.29) is 0 Å². The van der Waals surface area contributed by atoms with E-state index in [9.17, 15) is 0 Å². The molecular formula is C14H32O4Si. The molecule has 0 aromatic rings. The van der Waals surface area contributed by atoms with Crippen LogP contribution in [0.1, 0.15) is 26.2 Å². The van der Waals surface area contributed by atoms with Gasteiger partial charge in [0.2, 0.25) is 0 Å². The van der Waals surface area contributed by atoms with Crippen LogP contribution in [0.4, 0.5) is 0 Å². The molecule has 5 heteroatoms. The van der Waals surface area contributed by atoms with Crippen LogP contribution in [0.15, 0.2) is 0 Å². The first-order valence-corrected chi connectivity index (χ1v) is 10.8. The molecule has 0 rings (SSSR count). The van der Waals surface area contributed by atoms with Gasteiger partial charge in [-0.25, -0.2) is 0 Å². The lowest BCUT2D eigenvalue weighted by Gasteiger charge is -2.16. The summed E-state index contributed by atoms with van der Waals surface area (Å²) in [5.74, 6) is 0. The molecule has 0 N–H and O–H groups in total. The number of ether oxygens (including phenoxy) is 3. The molecule has 0 saturated heterocycles. The molecule has 0 unspecified atom stereocenters. The fourth-order valence-electron chi connectivity index (χ4n) is 1.40. The second-order valence-corrected chi connectivity index (χ2v) is 10.0. The van der Waals surface area contributed by atoms with E-state index in [2.05, 4.69) is 26.6 Å². The minimum Gasteiger partial charge on any atom is -0.415 e. The van der Waals surface area contributed by atoms with Gasteiger partial charge in [0.15, 0.2) is 8.32 Å². The van der Waals surface area contributed by atoms with Gasteiger partial charge in [0.25, 0.3) is 0 Å². The van der Waals surface area contributed by atoms with E-state index in [0.717, 1.165) is 13.0 Å². The van der Waals surface area contributed by atoms with Crippen molar-refractivity contribution in [2.45, 2.75) is 45.8 Å². The minimum atomic E-state index is -1.39. The largest absolute Gasteiger partial charge is 0.415 e. The second-order valence-electron chi connectivity index (χ2n) is 5.51. The lowest BCUT2D eigenvalue weighted by Crippen LogP contribution is -2.27. The van der Waals surface area contributed by atoms with Crippen LogP contribution in [0.5, 0.6) is 0 Å². The van der Waals surface area contributed by atoms with Crippen molar-refractivity contribution in [3.05, 3.63) is 0 Å². The van der Waals surface area contributed by atoms with E-state index in [1.165, 1.54) is 12.8 Å². The van der Waals surface area contributed by atoms with Gasteiger partial charge < -0.3 is 18.6 Å². The third-order valence-corrected chi connectivity index (χ3v) is 3.47. The number of hydrogen-bond donors (Lipinski definition) is 0. The molecule has 0 aromatic heterocycles. The highest BCUT2D eigenvalue weighted by Crippen LogP contribution is 2.01. The van der Waals surface area contributed by atoms with Gasteiger partial charge in [-0.3, -0.25) is 0 Å². The zero-order chi connectivity index (χ0) is 14.4. The molecule has 0 amide bonds. The summed E-state index contributed by atoms with van der Waals surface area (Å²) in [4.78, 5) is 0. The molecule has 0 aromatic carbocycles. The summed E-state index contributed by atoms with van der Waals surface area (Å²) >= 11 is 0. The summed E-state index contributed by atoms with van der Waals surface area (Å²) < 4.78 is 21.9. The Kier molecular flexibility index (Phi) is 13.1. The molecule has 0 atom stereocenters. The highest BCUT2D eigenvalue weighted by Gasteiger charge is 2.12. The maximum Gasteiger partial charge on any atom is 0.183 e. The molecule has 0 heterocycles. The Morgan fingerprint density at radius 1 is 0.632 bits per heavy atom. The first-order chi connectivity index (χ1) is 9.06. The fraction of sp³-hybridized carbons (Fsp3) is 1.00. The number of rotatable bonds is 14. The molecule has 0 bridgehead atoms. The quantitative estimate of drug-likeness (QED) is 0.364. The minimum absolute atomic E-state index is 0.630. The van der Waals surface area contributed by atoms with Gasteiger partial charge in [-0.15, -0.1) is 0 Å². The van der Waals surface area contributed by atoms with Crippen LogP contribution in [0.3, 0.4) is 0 Å². The van der Waals surface area contributed by atoms with Crippen LogP contribution < -0.4 is 0 Å². The van der Waals surface area contributed by atoms with E-state index in [4.69, 9.17) is 18.6 Å². The number of hydrogen-bond acceptors (Lipinski definition) is 4. The van der Waals surface area contributed by atoms with E-state index in [0.29, 0.717) is 39.6 Å². The Balaban J connectivity index is 2.99. The first-order valence-electron chi connectivity index (χ1n) is 7.43. The molecule has 4 nitrogen and oxygen atoms in total. The van der Waals surface area contributed by atoms with Crippen LogP contribution in [0, 0.1) is 0 Å². The predicted molar refractivity (Wildman–Crippen MR) is 81.3 cm³/mol. The summed E-state index contributed by atoms with van der Waals surface area (Å²) in [7, 11) is -1.39. The van der Waals surface area contributed by atoms with Gasteiger partial charge >= 0.3 is 0 Å². The summed E-state index contributed by atoms with van der Waals surface area (Å²) in [6.45, 7) is 13.5. The predicted octanol–water partition coefficient (Wildman–Crippen LogP) is 3.08. The highest BCUT2D eigenvalue weighted by molar-refractivity contribution is 6.69. The van der Waals surface area contributed by atoms with Crippen molar-refractivity contribution < 1.29 is 18.6 Å². The molecule has 0 radical (unpaired) electrons. The Morgan fingerprint density at radius 3 is 1.58 bits per heavy atom. The molecule has 19 heavy (non-hydrogen) atoms. The normalized spacial score (nSPS) is 12.0. The van der Waals surface area contributed by atoms with Crippen molar-refractivity contribution >= 4 is 8.32 Å². The maximum atomic E-state index is 5.67. The second kappa shape index (κ2) is 13.1. The molecular weight excluding hydrogens is 260 g/mol. The topological polar surface area (TPSA) is 36.9 Å². The SMILES string of the molecule is CCCCCOCCOCCOCCO[Si](C)(C)C. The van der Waals surface area contributed by atoms with Crippen LogP contribution in [-0.2, 0) is 18.6 Å². The average molecular weight is 292 g/mol. The summed E-state index contributed by atoms with van der Waals surface area (Å²) in [5, 5.41) is 0. The lowest BCUT2D eigenvalue weighted by atomic mass is 10.3. The van der Waals surface area contributed by atoms with Crippen LogP contribution in [0.25, 0.3) is 0 Å². The van der Waals surface area contributed by atoms with Gasteiger partial charge in [-0.05, 0) is 26.1 Å². The van der Waals surface area contributed by atoms with Gasteiger partial charge in [-0.1, -0.05) is 19.8 Å². The number of unbranched alkanes of at least 4 members (excludes halogenated alkanes) is 2. The molecule has 0 aliphatic carbocycles. The molecule has 116 valence electrons. The van der Waals surface area contributed by atoms with E-state index >= 15 is 0 Å². The summed E-state index contributed by atoms with van der Waals surface area (Å²) in [5.41, 5.74) is 0. The summed E-state index contributed by atoms with van der Waals surface area (Å²) in [6.07, 6.45) is 3.63. The molecule has 0 aliphatic rings. The van der Waals surface area contributed by atoms with Gasteiger partial charge in [-0.2, -0.15) is 0 Å². The van der Waals surface area contributed by atoms with Crippen molar-refractivity contribution in [3.8, 4) is 0 Å². The van der Waals surface area contributed by atoms with Gasteiger partial charge in [0.05, 0.1) is 39.6 Å². The maximum absolute atomic E-state index is 5.67. The monoisotopic (exact) mass is 292 g/mol. The smallest absolute Gasteiger partial charge is 0.183 e. The lowest BCUT2D eigenvalue weighted by molar-refractivity contribution is 0.00838. The Hall–Kier alpha value is 0.0569. The Morgan fingerprint density at radius 2 is 1.11 bits per heavy atom. The van der Waals surface area contributed by atoms with Crippen molar-refractivity contribution in [3.63, 3.8) is 0 Å². The van der Waals surface area contributed by atoms with E-state index < -0.39 is 8.32 Å². The van der Waals surface area contributed by atoms with E-state index in [1.807, 2.05) is 0 Å². The third kappa shape index (κ3) is 18.1. The standard InChI is InChI=1S/C14H32O4Si/c1-5-6-7-8-15-9-10-16-11-12-17-13-14-18-19(2,3)4/h5-14H2,1-4H3. The van der Waals surface area contributed by atoms with Crippen molar-refractivity contribution in [1.82, 2.24) is 0 Å². The zero-order valence-corrected chi connectivity index (χ0v) is 14.2. The van der Waals surface area contributed by atoms with Crippen molar-refractivity contribution in [1.29, 1.82) is 0 Å². The van der Waals surface area contributed by atoms with Crippen LogP contribution in [0.2, 0.25) is 19.6 Å². The highest BCUT2D eigenvalue weighted by atomic mass is 28.4. The Labute approximate surface area is 119 Å². The average Bonchev–Trinajstić information content (AvgIpc) is 2.34. The zero-order valence-electron chi connectivity index (χ0n) is 13.2. The van der Waals surface area contributed by atoms with E-state index in [1.54, 1.807) is 0 Å². The van der Waals surface area contributed by atoms with Crippen molar-refractivity contribution in [2.75, 3.05) is 46.2 Å². The fourth-order valence-corrected chi connectivity index (χ4v) is 2.10.